The predicted molar refractivity (Wildman–Crippen MR) is 50.7 cm³/mol. The van der Waals surface area contributed by atoms with Gasteiger partial charge in [0.25, 0.3) is 0 Å². The Kier molecular flexibility index (Phi) is 4.80. The molecular weight excluding hydrogens is 152 g/mol. The van der Waals surface area contributed by atoms with Crippen LogP contribution in [-0.4, -0.2) is 21.9 Å². The molecule has 0 saturated carbocycles. The van der Waals surface area contributed by atoms with Crippen LogP contribution in [0.2, 0.25) is 0 Å². The molecule has 0 rings (SSSR count). The molecule has 0 aromatic rings. The topological polar surface area (TPSA) is 40.5 Å². The van der Waals surface area contributed by atoms with Gasteiger partial charge in [0.1, 0.15) is 0 Å². The third-order valence-corrected chi connectivity index (χ3v) is 1.96. The number of aliphatic hydroxyl groups excluding tert-OH is 1. The molecule has 0 aliphatic heterocycles. The van der Waals surface area contributed by atoms with Gasteiger partial charge in [-0.1, -0.05) is 20.8 Å². The fraction of sp³-hybridized carbons (Fsp3) is 0.900. The largest absolute Gasteiger partial charge is 0.393 e. The van der Waals surface area contributed by atoms with Crippen molar-refractivity contribution in [3.63, 3.8) is 0 Å². The minimum absolute atomic E-state index is 0.401. The predicted octanol–water partition coefficient (Wildman–Crippen LogP) is 1.76. The van der Waals surface area contributed by atoms with Crippen molar-refractivity contribution < 1.29 is 10.2 Å². The summed E-state index contributed by atoms with van der Waals surface area (Å²) >= 11 is 0. The van der Waals surface area contributed by atoms with Crippen molar-refractivity contribution in [1.82, 2.24) is 0 Å². The maximum absolute atomic E-state index is 9.58. The van der Waals surface area contributed by atoms with Crippen molar-refractivity contribution in [2.24, 2.45) is 5.92 Å². The zero-order valence-electron chi connectivity index (χ0n) is 8.38. The van der Waals surface area contributed by atoms with Crippen LogP contribution in [0, 0.1) is 12.8 Å². The van der Waals surface area contributed by atoms with E-state index in [1.165, 1.54) is 0 Å². The Morgan fingerprint density at radius 3 is 2.25 bits per heavy atom. The van der Waals surface area contributed by atoms with E-state index in [2.05, 4.69) is 20.8 Å². The maximum atomic E-state index is 9.58. The van der Waals surface area contributed by atoms with E-state index in [1.54, 1.807) is 6.92 Å². The van der Waals surface area contributed by atoms with E-state index in [1.807, 2.05) is 0 Å². The molecule has 0 aliphatic rings. The minimum atomic E-state index is -0.811. The Bertz CT molecular complexity index is 119. The first-order valence-corrected chi connectivity index (χ1v) is 4.57. The monoisotopic (exact) mass is 173 g/mol. The van der Waals surface area contributed by atoms with Crippen LogP contribution in [0.25, 0.3) is 0 Å². The van der Waals surface area contributed by atoms with E-state index in [4.69, 9.17) is 0 Å². The van der Waals surface area contributed by atoms with Crippen LogP contribution >= 0.6 is 0 Å². The van der Waals surface area contributed by atoms with Gasteiger partial charge in [-0.05, 0) is 25.7 Å². The van der Waals surface area contributed by atoms with Crippen molar-refractivity contribution in [2.45, 2.75) is 51.7 Å². The van der Waals surface area contributed by atoms with Crippen molar-refractivity contribution in [2.75, 3.05) is 0 Å². The summed E-state index contributed by atoms with van der Waals surface area (Å²) < 4.78 is 0. The smallest absolute Gasteiger partial charge is 0.0644 e. The van der Waals surface area contributed by atoms with E-state index < -0.39 is 11.7 Å². The lowest BCUT2D eigenvalue weighted by Gasteiger charge is -2.25. The summed E-state index contributed by atoms with van der Waals surface area (Å²) in [5.74, 6) is 0.473. The lowest BCUT2D eigenvalue weighted by atomic mass is 9.92. The molecule has 0 saturated heterocycles. The molecule has 0 spiro atoms. The second-order valence-corrected chi connectivity index (χ2v) is 4.23. The van der Waals surface area contributed by atoms with Crippen LogP contribution in [0.5, 0.6) is 0 Å². The summed E-state index contributed by atoms with van der Waals surface area (Å²) in [7, 11) is 0. The molecule has 12 heavy (non-hydrogen) atoms. The summed E-state index contributed by atoms with van der Waals surface area (Å²) in [6, 6.07) is 0. The molecule has 0 aromatic carbocycles. The third-order valence-electron chi connectivity index (χ3n) is 1.96. The summed E-state index contributed by atoms with van der Waals surface area (Å²) in [5, 5.41) is 19.1. The number of rotatable bonds is 5. The molecule has 2 unspecified atom stereocenters. The first kappa shape index (κ1) is 11.9. The van der Waals surface area contributed by atoms with Gasteiger partial charge in [0.05, 0.1) is 11.7 Å². The molecule has 0 heterocycles. The molecule has 2 N–H and O–H groups in total. The normalized spacial score (nSPS) is 19.2. The average molecular weight is 173 g/mol. The highest BCUT2D eigenvalue weighted by Gasteiger charge is 2.22. The number of aliphatic hydroxyl groups is 2. The van der Waals surface area contributed by atoms with Crippen molar-refractivity contribution >= 4 is 0 Å². The van der Waals surface area contributed by atoms with Gasteiger partial charge in [-0.2, -0.15) is 0 Å². The first-order valence-electron chi connectivity index (χ1n) is 4.57. The van der Waals surface area contributed by atoms with Crippen molar-refractivity contribution in [1.29, 1.82) is 0 Å². The van der Waals surface area contributed by atoms with Gasteiger partial charge >= 0.3 is 0 Å². The lowest BCUT2D eigenvalue weighted by Crippen LogP contribution is -2.29. The second kappa shape index (κ2) is 4.83. The van der Waals surface area contributed by atoms with Gasteiger partial charge in [-0.15, -0.1) is 0 Å². The summed E-state index contributed by atoms with van der Waals surface area (Å²) in [6.07, 6.45) is 1.22. The highest BCUT2D eigenvalue weighted by Crippen LogP contribution is 2.19. The Labute approximate surface area is 75.6 Å². The molecule has 0 bridgehead atoms. The lowest BCUT2D eigenvalue weighted by molar-refractivity contribution is -0.000170. The Morgan fingerprint density at radius 2 is 1.92 bits per heavy atom. The van der Waals surface area contributed by atoms with Gasteiger partial charge in [0, 0.05) is 6.42 Å². The van der Waals surface area contributed by atoms with Crippen LogP contribution < -0.4 is 0 Å². The molecule has 2 nitrogen and oxygen atoms in total. The van der Waals surface area contributed by atoms with Gasteiger partial charge < -0.3 is 10.2 Å². The maximum Gasteiger partial charge on any atom is 0.0644 e. The van der Waals surface area contributed by atoms with Gasteiger partial charge in [-0.25, -0.2) is 0 Å². The zero-order chi connectivity index (χ0) is 9.78. The fourth-order valence-electron chi connectivity index (χ4n) is 1.24. The van der Waals surface area contributed by atoms with Crippen molar-refractivity contribution in [3.8, 4) is 0 Å². The van der Waals surface area contributed by atoms with Crippen LogP contribution in [0.4, 0.5) is 0 Å². The highest BCUT2D eigenvalue weighted by molar-refractivity contribution is 4.77. The van der Waals surface area contributed by atoms with E-state index in [9.17, 15) is 10.2 Å². The van der Waals surface area contributed by atoms with Crippen LogP contribution in [0.3, 0.4) is 0 Å². The summed E-state index contributed by atoms with van der Waals surface area (Å²) in [6.45, 7) is 9.46. The molecule has 0 aromatic heterocycles. The average Bonchev–Trinajstić information content (AvgIpc) is 1.84. The second-order valence-electron chi connectivity index (χ2n) is 4.23. The van der Waals surface area contributed by atoms with Gasteiger partial charge in [0.2, 0.25) is 0 Å². The SMILES string of the molecule is [CH2]CC(C)(O)CC(O)CC(C)C. The highest BCUT2D eigenvalue weighted by atomic mass is 16.3. The molecule has 0 aliphatic carbocycles. The molecule has 0 fully saturated rings. The van der Waals surface area contributed by atoms with Crippen molar-refractivity contribution in [3.05, 3.63) is 6.92 Å². The molecule has 1 radical (unpaired) electrons. The Hall–Kier alpha value is -0.0800. The molecule has 2 heteroatoms. The molecule has 0 amide bonds. The third kappa shape index (κ3) is 5.56. The summed E-state index contributed by atoms with van der Waals surface area (Å²) in [5.41, 5.74) is -0.811. The molecule has 2 atom stereocenters. The van der Waals surface area contributed by atoms with Crippen LogP contribution in [0.15, 0.2) is 0 Å². The Balaban J connectivity index is 3.75. The quantitative estimate of drug-likeness (QED) is 0.665. The fourth-order valence-corrected chi connectivity index (χ4v) is 1.24. The van der Waals surface area contributed by atoms with Gasteiger partial charge in [-0.3, -0.25) is 0 Å². The van der Waals surface area contributed by atoms with E-state index >= 15 is 0 Å². The van der Waals surface area contributed by atoms with Crippen LogP contribution in [0.1, 0.15) is 40.0 Å². The minimum Gasteiger partial charge on any atom is -0.393 e. The van der Waals surface area contributed by atoms with Gasteiger partial charge in [0.15, 0.2) is 0 Å². The zero-order valence-corrected chi connectivity index (χ0v) is 8.38. The van der Waals surface area contributed by atoms with E-state index in [0.717, 1.165) is 6.42 Å². The standard InChI is InChI=1S/C10H21O2/c1-5-10(4,12)7-9(11)6-8(2)3/h8-9,11-12H,1,5-7H2,2-4H3. The number of hydrogen-bond acceptors (Lipinski definition) is 2. The first-order chi connectivity index (χ1) is 5.37. The van der Waals surface area contributed by atoms with Crippen LogP contribution in [-0.2, 0) is 0 Å². The van der Waals surface area contributed by atoms with E-state index in [0.29, 0.717) is 18.8 Å². The molecule has 73 valence electrons. The molecular formula is C10H21O2. The Morgan fingerprint density at radius 1 is 1.42 bits per heavy atom. The summed E-state index contributed by atoms with van der Waals surface area (Å²) in [4.78, 5) is 0. The van der Waals surface area contributed by atoms with E-state index in [-0.39, 0.29) is 0 Å². The number of hydrogen-bond donors (Lipinski definition) is 2.